The van der Waals surface area contributed by atoms with E-state index in [2.05, 4.69) is 15.9 Å². The summed E-state index contributed by atoms with van der Waals surface area (Å²) < 4.78 is 27.4. The summed E-state index contributed by atoms with van der Waals surface area (Å²) in [6.45, 7) is 3.23. The maximum absolute atomic E-state index is 12.6. The molecule has 1 aromatic rings. The molecule has 1 saturated heterocycles. The van der Waals surface area contributed by atoms with Gasteiger partial charge in [0.15, 0.2) is 0 Å². The summed E-state index contributed by atoms with van der Waals surface area (Å²) in [6.07, 6.45) is 0. The van der Waals surface area contributed by atoms with Crippen LogP contribution in [0.5, 0.6) is 0 Å². The van der Waals surface area contributed by atoms with Crippen LogP contribution < -0.4 is 5.73 Å². The van der Waals surface area contributed by atoms with Crippen LogP contribution in [-0.2, 0) is 14.8 Å². The number of carbonyl (C=O) groups is 1. The number of halogens is 2. The number of nitrogens with two attached hydrogens (primary N) is 1. The Morgan fingerprint density at radius 1 is 1.32 bits per heavy atom. The molecule has 0 bridgehead atoms. The predicted molar refractivity (Wildman–Crippen MR) is 88.1 cm³/mol. The van der Waals surface area contributed by atoms with Gasteiger partial charge in [-0.2, -0.15) is 4.31 Å². The number of nitrogens with zero attached hydrogens (tertiary/aromatic N) is 2. The highest BCUT2D eigenvalue weighted by molar-refractivity contribution is 9.10. The van der Waals surface area contributed by atoms with E-state index >= 15 is 0 Å². The summed E-state index contributed by atoms with van der Waals surface area (Å²) in [5.74, 6) is -0.410. The number of piperazine rings is 1. The molecular formula is C13H17BrClN3O3S. The van der Waals surface area contributed by atoms with Crippen molar-refractivity contribution in [2.24, 2.45) is 5.73 Å². The lowest BCUT2D eigenvalue weighted by molar-refractivity contribution is -0.123. The van der Waals surface area contributed by atoms with E-state index in [4.69, 9.17) is 17.3 Å². The van der Waals surface area contributed by atoms with Gasteiger partial charge >= 0.3 is 0 Å². The molecule has 1 fully saturated rings. The van der Waals surface area contributed by atoms with Gasteiger partial charge in [0.25, 0.3) is 0 Å². The highest BCUT2D eigenvalue weighted by Gasteiger charge is 2.32. The fourth-order valence-electron chi connectivity index (χ4n) is 2.33. The Kier molecular flexibility index (Phi) is 5.50. The zero-order chi connectivity index (χ0) is 16.5. The first-order valence-electron chi connectivity index (χ1n) is 6.72. The molecular weight excluding hydrogens is 394 g/mol. The van der Waals surface area contributed by atoms with Crippen molar-refractivity contribution in [2.75, 3.05) is 26.2 Å². The van der Waals surface area contributed by atoms with Gasteiger partial charge in [0.2, 0.25) is 15.9 Å². The number of hydrogen-bond acceptors (Lipinski definition) is 4. The molecule has 1 aromatic carbocycles. The normalized spacial score (nSPS) is 19.0. The minimum Gasteiger partial charge on any atom is -0.368 e. The van der Waals surface area contributed by atoms with Crippen LogP contribution in [0.25, 0.3) is 0 Å². The molecule has 6 nitrogen and oxygen atoms in total. The molecule has 9 heteroatoms. The third-order valence-corrected chi connectivity index (χ3v) is 6.62. The molecule has 1 aliphatic heterocycles. The summed E-state index contributed by atoms with van der Waals surface area (Å²) in [6, 6.07) is 4.28. The number of benzene rings is 1. The number of rotatable bonds is 4. The Hall–Kier alpha value is -0.670. The van der Waals surface area contributed by atoms with Crippen LogP contribution in [0, 0.1) is 0 Å². The molecule has 122 valence electrons. The van der Waals surface area contributed by atoms with Gasteiger partial charge in [-0.1, -0.05) is 27.5 Å². The molecule has 1 heterocycles. The van der Waals surface area contributed by atoms with Gasteiger partial charge in [-0.15, -0.1) is 0 Å². The van der Waals surface area contributed by atoms with E-state index < -0.39 is 22.0 Å². The topological polar surface area (TPSA) is 83.7 Å². The standard InChI is InChI=1S/C13H17BrClN3O3S/c1-9(13(16)19)17-4-6-18(7-5-17)22(20,21)12-3-2-10(14)8-11(12)15/h2-3,8-9H,4-7H2,1H3,(H2,16,19)/t9-/m0/s1. The van der Waals surface area contributed by atoms with E-state index in [9.17, 15) is 13.2 Å². The molecule has 1 aliphatic rings. The Morgan fingerprint density at radius 3 is 2.41 bits per heavy atom. The average molecular weight is 411 g/mol. The van der Waals surface area contributed by atoms with Crippen LogP contribution in [-0.4, -0.2) is 55.8 Å². The molecule has 22 heavy (non-hydrogen) atoms. The van der Waals surface area contributed by atoms with Gasteiger partial charge in [0, 0.05) is 30.7 Å². The fourth-order valence-corrected chi connectivity index (χ4v) is 4.77. The van der Waals surface area contributed by atoms with Crippen molar-refractivity contribution in [1.82, 2.24) is 9.21 Å². The van der Waals surface area contributed by atoms with Crippen molar-refractivity contribution in [3.63, 3.8) is 0 Å². The van der Waals surface area contributed by atoms with Crippen LogP contribution in [0.3, 0.4) is 0 Å². The van der Waals surface area contributed by atoms with Crippen molar-refractivity contribution >= 4 is 43.5 Å². The second-order valence-electron chi connectivity index (χ2n) is 5.09. The molecule has 2 rings (SSSR count). The first kappa shape index (κ1) is 17.7. The molecule has 0 radical (unpaired) electrons. The van der Waals surface area contributed by atoms with E-state index in [1.54, 1.807) is 19.1 Å². The van der Waals surface area contributed by atoms with Crippen molar-refractivity contribution in [3.8, 4) is 0 Å². The summed E-state index contributed by atoms with van der Waals surface area (Å²) >= 11 is 9.30. The summed E-state index contributed by atoms with van der Waals surface area (Å²) in [5.41, 5.74) is 5.28. The Labute approximate surface area is 143 Å². The van der Waals surface area contributed by atoms with Gasteiger partial charge in [-0.25, -0.2) is 8.42 Å². The van der Waals surface area contributed by atoms with Gasteiger partial charge in [-0.3, -0.25) is 9.69 Å². The van der Waals surface area contributed by atoms with E-state index in [0.717, 1.165) is 4.47 Å². The molecule has 1 amide bonds. The minimum absolute atomic E-state index is 0.0915. The monoisotopic (exact) mass is 409 g/mol. The van der Waals surface area contributed by atoms with Gasteiger partial charge in [0.05, 0.1) is 11.1 Å². The van der Waals surface area contributed by atoms with E-state index in [-0.39, 0.29) is 9.92 Å². The maximum Gasteiger partial charge on any atom is 0.244 e. The minimum atomic E-state index is -3.64. The first-order valence-corrected chi connectivity index (χ1v) is 9.33. The largest absolute Gasteiger partial charge is 0.368 e. The highest BCUT2D eigenvalue weighted by atomic mass is 79.9. The number of carbonyl (C=O) groups excluding carboxylic acids is 1. The van der Waals surface area contributed by atoms with Crippen LogP contribution in [0.1, 0.15) is 6.92 Å². The third kappa shape index (κ3) is 3.62. The Balaban J connectivity index is 2.14. The maximum atomic E-state index is 12.6. The lowest BCUT2D eigenvalue weighted by Crippen LogP contribution is -2.54. The number of hydrogen-bond donors (Lipinski definition) is 1. The zero-order valence-corrected chi connectivity index (χ0v) is 15.2. The lowest BCUT2D eigenvalue weighted by Gasteiger charge is -2.36. The second-order valence-corrected chi connectivity index (χ2v) is 8.32. The highest BCUT2D eigenvalue weighted by Crippen LogP contribution is 2.28. The van der Waals surface area contributed by atoms with Gasteiger partial charge in [0.1, 0.15) is 4.90 Å². The molecule has 0 unspecified atom stereocenters. The summed E-state index contributed by atoms with van der Waals surface area (Å²) in [5, 5.41) is 0.183. The van der Waals surface area contributed by atoms with Crippen LogP contribution in [0.4, 0.5) is 0 Å². The van der Waals surface area contributed by atoms with Crippen molar-refractivity contribution in [3.05, 3.63) is 27.7 Å². The molecule has 2 N–H and O–H groups in total. The third-order valence-electron chi connectivity index (χ3n) is 3.74. The average Bonchev–Trinajstić information content (AvgIpc) is 2.46. The molecule has 1 atom stereocenters. The smallest absolute Gasteiger partial charge is 0.244 e. The fraction of sp³-hybridized carbons (Fsp3) is 0.462. The predicted octanol–water partition coefficient (Wildman–Crippen LogP) is 1.28. The van der Waals surface area contributed by atoms with Crippen LogP contribution in [0.15, 0.2) is 27.6 Å². The van der Waals surface area contributed by atoms with Gasteiger partial charge < -0.3 is 5.73 Å². The van der Waals surface area contributed by atoms with Crippen LogP contribution in [0.2, 0.25) is 5.02 Å². The second kappa shape index (κ2) is 6.84. The molecule has 0 spiro atoms. The summed E-state index contributed by atoms with van der Waals surface area (Å²) in [7, 11) is -3.64. The number of sulfonamides is 1. The first-order chi connectivity index (χ1) is 10.2. The SMILES string of the molecule is C[C@@H](C(N)=O)N1CCN(S(=O)(=O)c2ccc(Br)cc2Cl)CC1. The van der Waals surface area contributed by atoms with Gasteiger partial charge in [-0.05, 0) is 25.1 Å². The number of primary amides is 1. The van der Waals surface area contributed by atoms with Crippen LogP contribution >= 0.6 is 27.5 Å². The zero-order valence-electron chi connectivity index (χ0n) is 12.0. The van der Waals surface area contributed by atoms with E-state index in [0.29, 0.717) is 26.2 Å². The quantitative estimate of drug-likeness (QED) is 0.810. The molecule has 0 aliphatic carbocycles. The van der Waals surface area contributed by atoms with E-state index in [1.807, 2.05) is 4.90 Å². The van der Waals surface area contributed by atoms with E-state index in [1.165, 1.54) is 10.4 Å². The molecule has 0 aromatic heterocycles. The lowest BCUT2D eigenvalue weighted by atomic mass is 10.2. The van der Waals surface area contributed by atoms with Crippen molar-refractivity contribution in [1.29, 1.82) is 0 Å². The number of amides is 1. The summed E-state index contributed by atoms with van der Waals surface area (Å²) in [4.78, 5) is 13.2. The Bertz CT molecular complexity index is 675. The van der Waals surface area contributed by atoms with Crippen molar-refractivity contribution < 1.29 is 13.2 Å². The van der Waals surface area contributed by atoms with Crippen molar-refractivity contribution in [2.45, 2.75) is 17.9 Å². The molecule has 0 saturated carbocycles. The Morgan fingerprint density at radius 2 is 1.91 bits per heavy atom.